The van der Waals surface area contributed by atoms with E-state index in [1.54, 1.807) is 6.92 Å². The molecule has 0 aromatic rings. The molecule has 1 amide bonds. The minimum atomic E-state index is -1.03. The Morgan fingerprint density at radius 1 is 1.47 bits per heavy atom. The lowest BCUT2D eigenvalue weighted by Gasteiger charge is -2.29. The zero-order chi connectivity index (χ0) is 14.8. The number of nitrogens with one attached hydrogen (secondary N) is 1. The Balaban J connectivity index is 2.60. The molecule has 0 spiro atoms. The Kier molecular flexibility index (Phi) is 4.61. The number of carboxylic acids is 1. The van der Waals surface area contributed by atoms with Gasteiger partial charge in [0.2, 0.25) is 5.91 Å². The summed E-state index contributed by atoms with van der Waals surface area (Å²) in [5, 5.41) is 12.0. The van der Waals surface area contributed by atoms with Gasteiger partial charge in [-0.2, -0.15) is 0 Å². The first-order valence-corrected chi connectivity index (χ1v) is 6.68. The van der Waals surface area contributed by atoms with Crippen molar-refractivity contribution in [3.8, 4) is 0 Å². The molecule has 0 aromatic heterocycles. The van der Waals surface area contributed by atoms with Crippen molar-refractivity contribution >= 4 is 11.9 Å². The van der Waals surface area contributed by atoms with Gasteiger partial charge in [0.1, 0.15) is 5.41 Å². The molecule has 5 heteroatoms. The highest BCUT2D eigenvalue weighted by atomic mass is 16.5. The number of carbonyl (C=O) groups excluding carboxylic acids is 1. The zero-order valence-electron chi connectivity index (χ0n) is 12.4. The lowest BCUT2D eigenvalue weighted by molar-refractivity contribution is -0.149. The fourth-order valence-electron chi connectivity index (χ4n) is 1.92. The smallest absolute Gasteiger partial charge is 0.313 e. The van der Waals surface area contributed by atoms with Gasteiger partial charge < -0.3 is 15.2 Å². The second-order valence-electron chi connectivity index (χ2n) is 6.83. The molecule has 0 aliphatic carbocycles. The van der Waals surface area contributed by atoms with E-state index in [0.717, 1.165) is 0 Å². The van der Waals surface area contributed by atoms with Crippen molar-refractivity contribution in [2.24, 2.45) is 16.7 Å². The van der Waals surface area contributed by atoms with Crippen molar-refractivity contribution in [3.05, 3.63) is 0 Å². The molecule has 5 nitrogen and oxygen atoms in total. The molecule has 19 heavy (non-hydrogen) atoms. The molecule has 1 heterocycles. The van der Waals surface area contributed by atoms with Crippen LogP contribution in [0.5, 0.6) is 0 Å². The number of rotatable bonds is 4. The van der Waals surface area contributed by atoms with E-state index >= 15 is 0 Å². The SMILES string of the molecule is CC(CC(=O)NC1COCC1(C)C(=O)O)C(C)(C)C. The maximum absolute atomic E-state index is 12.0. The van der Waals surface area contributed by atoms with Gasteiger partial charge in [-0.25, -0.2) is 0 Å². The summed E-state index contributed by atoms with van der Waals surface area (Å²) < 4.78 is 5.21. The molecule has 0 saturated carbocycles. The number of carbonyl (C=O) groups is 2. The van der Waals surface area contributed by atoms with Crippen LogP contribution in [0.4, 0.5) is 0 Å². The fourth-order valence-corrected chi connectivity index (χ4v) is 1.92. The van der Waals surface area contributed by atoms with Crippen molar-refractivity contribution in [1.29, 1.82) is 0 Å². The molecule has 1 aliphatic heterocycles. The lowest BCUT2D eigenvalue weighted by atomic mass is 9.79. The first-order chi connectivity index (χ1) is 8.57. The minimum absolute atomic E-state index is 0.0552. The van der Waals surface area contributed by atoms with Gasteiger partial charge in [-0.1, -0.05) is 27.7 Å². The standard InChI is InChI=1S/C14H25NO4/c1-9(13(2,3)4)6-11(16)15-10-7-19-8-14(10,5)12(17)18/h9-10H,6-8H2,1-5H3,(H,15,16)(H,17,18). The van der Waals surface area contributed by atoms with Crippen molar-refractivity contribution in [3.63, 3.8) is 0 Å². The van der Waals surface area contributed by atoms with E-state index < -0.39 is 17.4 Å². The third-order valence-electron chi connectivity index (χ3n) is 4.25. The van der Waals surface area contributed by atoms with E-state index in [0.29, 0.717) is 6.42 Å². The molecule has 2 N–H and O–H groups in total. The van der Waals surface area contributed by atoms with Gasteiger partial charge in [-0.15, -0.1) is 0 Å². The maximum Gasteiger partial charge on any atom is 0.313 e. The van der Waals surface area contributed by atoms with Crippen LogP contribution in [-0.4, -0.2) is 36.2 Å². The highest BCUT2D eigenvalue weighted by Crippen LogP contribution is 2.30. The van der Waals surface area contributed by atoms with E-state index in [1.165, 1.54) is 0 Å². The van der Waals surface area contributed by atoms with Gasteiger partial charge in [0.15, 0.2) is 0 Å². The van der Waals surface area contributed by atoms with E-state index in [9.17, 15) is 14.7 Å². The number of carboxylic acid groups (broad SMARTS) is 1. The number of ether oxygens (including phenoxy) is 1. The van der Waals surface area contributed by atoms with Crippen LogP contribution >= 0.6 is 0 Å². The van der Waals surface area contributed by atoms with E-state index in [-0.39, 0.29) is 30.5 Å². The quantitative estimate of drug-likeness (QED) is 0.815. The molecule has 3 unspecified atom stereocenters. The molecular formula is C14H25NO4. The highest BCUT2D eigenvalue weighted by molar-refractivity contribution is 5.80. The lowest BCUT2D eigenvalue weighted by Crippen LogP contribution is -2.50. The maximum atomic E-state index is 12.0. The molecule has 0 radical (unpaired) electrons. The highest BCUT2D eigenvalue weighted by Gasteiger charge is 2.47. The second-order valence-corrected chi connectivity index (χ2v) is 6.83. The van der Waals surface area contributed by atoms with E-state index in [1.807, 2.05) is 6.92 Å². The Labute approximate surface area is 114 Å². The van der Waals surface area contributed by atoms with Crippen LogP contribution in [0.25, 0.3) is 0 Å². The topological polar surface area (TPSA) is 75.6 Å². The summed E-state index contributed by atoms with van der Waals surface area (Å²) in [6, 6.07) is -0.454. The molecule has 110 valence electrons. The molecule has 1 aliphatic rings. The average Bonchev–Trinajstić information content (AvgIpc) is 2.60. The third-order valence-corrected chi connectivity index (χ3v) is 4.25. The molecule has 3 atom stereocenters. The van der Waals surface area contributed by atoms with Gasteiger partial charge in [-0.3, -0.25) is 9.59 Å². The molecule has 0 aromatic carbocycles. The summed E-state index contributed by atoms with van der Waals surface area (Å²) in [5.74, 6) is -0.810. The van der Waals surface area contributed by atoms with Crippen molar-refractivity contribution < 1.29 is 19.4 Å². The number of hydrogen-bond donors (Lipinski definition) is 2. The first-order valence-electron chi connectivity index (χ1n) is 6.68. The van der Waals surface area contributed by atoms with Crippen LogP contribution in [-0.2, 0) is 14.3 Å². The van der Waals surface area contributed by atoms with Crippen LogP contribution in [0, 0.1) is 16.7 Å². The third kappa shape index (κ3) is 3.69. The molecule has 0 bridgehead atoms. The Bertz CT molecular complexity index is 361. The van der Waals surface area contributed by atoms with Crippen LogP contribution in [0.1, 0.15) is 41.0 Å². The normalized spacial score (nSPS) is 29.0. The largest absolute Gasteiger partial charge is 0.481 e. The van der Waals surface area contributed by atoms with Crippen LogP contribution in [0.2, 0.25) is 0 Å². The number of aliphatic carboxylic acids is 1. The predicted molar refractivity (Wildman–Crippen MR) is 71.7 cm³/mol. The van der Waals surface area contributed by atoms with Gasteiger partial charge >= 0.3 is 5.97 Å². The van der Waals surface area contributed by atoms with Gasteiger partial charge in [0.25, 0.3) is 0 Å². The van der Waals surface area contributed by atoms with E-state index in [4.69, 9.17) is 4.74 Å². The van der Waals surface area contributed by atoms with Crippen molar-refractivity contribution in [2.45, 2.75) is 47.1 Å². The Morgan fingerprint density at radius 3 is 2.53 bits per heavy atom. The second kappa shape index (κ2) is 5.49. The number of hydrogen-bond acceptors (Lipinski definition) is 3. The Morgan fingerprint density at radius 2 is 2.05 bits per heavy atom. The summed E-state index contributed by atoms with van der Waals surface area (Å²) in [4.78, 5) is 23.3. The summed E-state index contributed by atoms with van der Waals surface area (Å²) in [6.07, 6.45) is 0.399. The molecule has 1 rings (SSSR count). The molecular weight excluding hydrogens is 246 g/mol. The summed E-state index contributed by atoms with van der Waals surface area (Å²) in [6.45, 7) is 10.3. The summed E-state index contributed by atoms with van der Waals surface area (Å²) in [7, 11) is 0. The van der Waals surface area contributed by atoms with Gasteiger partial charge in [-0.05, 0) is 18.3 Å². The fraction of sp³-hybridized carbons (Fsp3) is 0.857. The molecule has 1 fully saturated rings. The monoisotopic (exact) mass is 271 g/mol. The first kappa shape index (κ1) is 16.0. The van der Waals surface area contributed by atoms with Gasteiger partial charge in [0.05, 0.1) is 19.3 Å². The summed E-state index contributed by atoms with van der Waals surface area (Å²) in [5.41, 5.74) is -0.972. The van der Waals surface area contributed by atoms with Gasteiger partial charge in [0, 0.05) is 6.42 Å². The van der Waals surface area contributed by atoms with Crippen LogP contribution in [0.15, 0.2) is 0 Å². The van der Waals surface area contributed by atoms with Crippen LogP contribution in [0.3, 0.4) is 0 Å². The Hall–Kier alpha value is -1.10. The average molecular weight is 271 g/mol. The predicted octanol–water partition coefficient (Wildman–Crippen LogP) is 1.66. The number of amides is 1. The molecule has 1 saturated heterocycles. The van der Waals surface area contributed by atoms with Crippen molar-refractivity contribution in [2.75, 3.05) is 13.2 Å². The van der Waals surface area contributed by atoms with Crippen LogP contribution < -0.4 is 5.32 Å². The van der Waals surface area contributed by atoms with Crippen molar-refractivity contribution in [1.82, 2.24) is 5.32 Å². The summed E-state index contributed by atoms with van der Waals surface area (Å²) >= 11 is 0. The minimum Gasteiger partial charge on any atom is -0.481 e. The van der Waals surface area contributed by atoms with E-state index in [2.05, 4.69) is 26.1 Å². The zero-order valence-corrected chi connectivity index (χ0v) is 12.4.